The number of aryl methyl sites for hydroxylation is 1. The van der Waals surface area contributed by atoms with Gasteiger partial charge in [-0.1, -0.05) is 23.7 Å². The van der Waals surface area contributed by atoms with E-state index in [1.807, 2.05) is 43.5 Å². The molecule has 1 aromatic carbocycles. The van der Waals surface area contributed by atoms with E-state index in [1.54, 1.807) is 0 Å². The van der Waals surface area contributed by atoms with Crippen molar-refractivity contribution in [3.63, 3.8) is 0 Å². The zero-order chi connectivity index (χ0) is 21.2. The van der Waals surface area contributed by atoms with Gasteiger partial charge in [-0.15, -0.1) is 0 Å². The highest BCUT2D eigenvalue weighted by Crippen LogP contribution is 2.20. The van der Waals surface area contributed by atoms with Crippen LogP contribution in [0.2, 0.25) is 5.02 Å². The molecule has 0 radical (unpaired) electrons. The van der Waals surface area contributed by atoms with Gasteiger partial charge in [0.1, 0.15) is 5.82 Å². The summed E-state index contributed by atoms with van der Waals surface area (Å²) in [5.41, 5.74) is 2.31. The average Bonchev–Trinajstić information content (AvgIpc) is 2.75. The maximum absolute atomic E-state index is 11.9. The summed E-state index contributed by atoms with van der Waals surface area (Å²) in [6.45, 7) is 8.82. The summed E-state index contributed by atoms with van der Waals surface area (Å²) in [5.74, 6) is 0.862. The number of carbonyl (C=O) groups is 1. The van der Waals surface area contributed by atoms with Gasteiger partial charge in [0.05, 0.1) is 0 Å². The van der Waals surface area contributed by atoms with Crippen LogP contribution in [0.15, 0.2) is 42.6 Å². The third-order valence-electron chi connectivity index (χ3n) is 5.12. The van der Waals surface area contributed by atoms with E-state index in [1.165, 1.54) is 5.69 Å². The van der Waals surface area contributed by atoms with Gasteiger partial charge in [0, 0.05) is 69.3 Å². The molecule has 1 saturated heterocycles. The SMILES string of the molecule is Cc1ccc(NCCCNC(=O)NCCN2CCN(c3cccc(Cl)c3)CC2)nc1. The molecule has 0 saturated carbocycles. The van der Waals surface area contributed by atoms with E-state index < -0.39 is 0 Å². The number of benzene rings is 1. The second-order valence-corrected chi connectivity index (χ2v) is 7.93. The molecule has 0 unspecified atom stereocenters. The van der Waals surface area contributed by atoms with Crippen LogP contribution in [0.25, 0.3) is 0 Å². The Hall–Kier alpha value is -2.51. The fraction of sp³-hybridized carbons (Fsp3) is 0.455. The van der Waals surface area contributed by atoms with Gasteiger partial charge in [0.2, 0.25) is 0 Å². The zero-order valence-corrected chi connectivity index (χ0v) is 18.3. The van der Waals surface area contributed by atoms with Crippen molar-refractivity contribution in [2.75, 3.05) is 62.6 Å². The standard InChI is InChI=1S/C22H31ClN6O/c1-18-6-7-21(27-17-18)24-8-3-9-25-22(30)26-10-11-28-12-14-29(15-13-28)20-5-2-4-19(23)16-20/h2,4-7,16-17H,3,8-15H2,1H3,(H,24,27)(H2,25,26,30). The predicted molar refractivity (Wildman–Crippen MR) is 124 cm³/mol. The number of urea groups is 1. The Morgan fingerprint density at radius 1 is 1.07 bits per heavy atom. The molecule has 2 amide bonds. The molecule has 0 spiro atoms. The van der Waals surface area contributed by atoms with Crippen molar-refractivity contribution < 1.29 is 4.79 Å². The molecule has 1 aliphatic heterocycles. The maximum Gasteiger partial charge on any atom is 0.314 e. The fourth-order valence-corrected chi connectivity index (χ4v) is 3.56. The molecule has 3 rings (SSSR count). The van der Waals surface area contributed by atoms with Crippen LogP contribution in [0.5, 0.6) is 0 Å². The molecule has 1 aliphatic rings. The average molecular weight is 431 g/mol. The third-order valence-corrected chi connectivity index (χ3v) is 5.35. The highest BCUT2D eigenvalue weighted by molar-refractivity contribution is 6.30. The van der Waals surface area contributed by atoms with Crippen molar-refractivity contribution in [2.24, 2.45) is 0 Å². The first kappa shape index (κ1) is 22.2. The lowest BCUT2D eigenvalue weighted by Gasteiger charge is -2.36. The normalized spacial score (nSPS) is 14.4. The summed E-state index contributed by atoms with van der Waals surface area (Å²) in [6.07, 6.45) is 2.68. The van der Waals surface area contributed by atoms with Gasteiger partial charge < -0.3 is 20.9 Å². The van der Waals surface area contributed by atoms with E-state index in [0.717, 1.165) is 62.1 Å². The molecule has 8 heteroatoms. The van der Waals surface area contributed by atoms with Crippen LogP contribution >= 0.6 is 11.6 Å². The van der Waals surface area contributed by atoms with Crippen molar-refractivity contribution in [1.29, 1.82) is 0 Å². The maximum atomic E-state index is 11.9. The molecule has 162 valence electrons. The smallest absolute Gasteiger partial charge is 0.314 e. The Kier molecular flexibility index (Phi) is 8.59. The Bertz CT molecular complexity index is 792. The lowest BCUT2D eigenvalue weighted by molar-refractivity contribution is 0.232. The first-order valence-corrected chi connectivity index (χ1v) is 10.9. The number of hydrogen-bond acceptors (Lipinski definition) is 5. The minimum Gasteiger partial charge on any atom is -0.370 e. The lowest BCUT2D eigenvalue weighted by atomic mass is 10.2. The predicted octanol–water partition coefficient (Wildman–Crippen LogP) is 2.97. The monoisotopic (exact) mass is 430 g/mol. The highest BCUT2D eigenvalue weighted by Gasteiger charge is 2.17. The number of pyridine rings is 1. The minimum atomic E-state index is -0.110. The van der Waals surface area contributed by atoms with Crippen molar-refractivity contribution >= 4 is 29.1 Å². The fourth-order valence-electron chi connectivity index (χ4n) is 3.37. The topological polar surface area (TPSA) is 72.5 Å². The number of rotatable bonds is 9. The van der Waals surface area contributed by atoms with Gasteiger partial charge in [-0.05, 0) is 43.2 Å². The van der Waals surface area contributed by atoms with Crippen LogP contribution in [0.1, 0.15) is 12.0 Å². The van der Waals surface area contributed by atoms with Crippen LogP contribution in [0.3, 0.4) is 0 Å². The van der Waals surface area contributed by atoms with E-state index in [9.17, 15) is 4.79 Å². The number of aromatic nitrogens is 1. The Morgan fingerprint density at radius 3 is 2.60 bits per heavy atom. The molecule has 2 aromatic rings. The van der Waals surface area contributed by atoms with Crippen LogP contribution in [-0.2, 0) is 0 Å². The molecule has 2 heterocycles. The quantitative estimate of drug-likeness (QED) is 0.533. The second-order valence-electron chi connectivity index (χ2n) is 7.49. The van der Waals surface area contributed by atoms with Gasteiger partial charge in [-0.2, -0.15) is 0 Å². The van der Waals surface area contributed by atoms with Gasteiger partial charge in [-0.25, -0.2) is 9.78 Å². The molecule has 1 fully saturated rings. The Morgan fingerprint density at radius 2 is 1.87 bits per heavy atom. The van der Waals surface area contributed by atoms with Crippen LogP contribution < -0.4 is 20.9 Å². The summed E-state index contributed by atoms with van der Waals surface area (Å²) in [7, 11) is 0. The summed E-state index contributed by atoms with van der Waals surface area (Å²) < 4.78 is 0. The molecule has 0 atom stereocenters. The van der Waals surface area contributed by atoms with Crippen LogP contribution in [-0.4, -0.2) is 68.3 Å². The molecule has 0 aliphatic carbocycles. The second kappa shape index (κ2) is 11.6. The summed E-state index contributed by atoms with van der Waals surface area (Å²) in [4.78, 5) is 21.0. The molecular formula is C22H31ClN6O. The van der Waals surface area contributed by atoms with E-state index in [2.05, 4.69) is 36.8 Å². The lowest BCUT2D eigenvalue weighted by Crippen LogP contribution is -2.49. The number of amides is 2. The highest BCUT2D eigenvalue weighted by atomic mass is 35.5. The number of carbonyl (C=O) groups excluding carboxylic acids is 1. The first-order chi connectivity index (χ1) is 14.6. The third kappa shape index (κ3) is 7.39. The van der Waals surface area contributed by atoms with E-state index >= 15 is 0 Å². The Balaban J connectivity index is 1.22. The minimum absolute atomic E-state index is 0.110. The summed E-state index contributed by atoms with van der Waals surface area (Å²) >= 11 is 6.09. The van der Waals surface area contributed by atoms with Crippen molar-refractivity contribution in [3.05, 3.63) is 53.2 Å². The van der Waals surface area contributed by atoms with Gasteiger partial charge >= 0.3 is 6.03 Å². The molecule has 3 N–H and O–H groups in total. The number of halogens is 1. The molecule has 1 aromatic heterocycles. The van der Waals surface area contributed by atoms with Crippen LogP contribution in [0.4, 0.5) is 16.3 Å². The van der Waals surface area contributed by atoms with E-state index in [-0.39, 0.29) is 6.03 Å². The Labute approximate surface area is 183 Å². The van der Waals surface area contributed by atoms with Crippen LogP contribution in [0, 0.1) is 6.92 Å². The van der Waals surface area contributed by atoms with Gasteiger partial charge in [0.15, 0.2) is 0 Å². The number of anilines is 2. The van der Waals surface area contributed by atoms with Gasteiger partial charge in [-0.3, -0.25) is 4.90 Å². The molecular weight excluding hydrogens is 400 g/mol. The molecule has 30 heavy (non-hydrogen) atoms. The van der Waals surface area contributed by atoms with E-state index in [4.69, 9.17) is 11.6 Å². The molecule has 7 nitrogen and oxygen atoms in total. The number of hydrogen-bond donors (Lipinski definition) is 3. The number of piperazine rings is 1. The van der Waals surface area contributed by atoms with Crippen molar-refractivity contribution in [1.82, 2.24) is 20.5 Å². The van der Waals surface area contributed by atoms with E-state index in [0.29, 0.717) is 13.1 Å². The van der Waals surface area contributed by atoms with Crippen molar-refractivity contribution in [3.8, 4) is 0 Å². The zero-order valence-electron chi connectivity index (χ0n) is 17.5. The summed E-state index contributed by atoms with van der Waals surface area (Å²) in [5, 5.41) is 9.86. The number of nitrogens with one attached hydrogen (secondary N) is 3. The summed E-state index contributed by atoms with van der Waals surface area (Å²) in [6, 6.07) is 11.9. The first-order valence-electron chi connectivity index (χ1n) is 10.5. The van der Waals surface area contributed by atoms with Crippen molar-refractivity contribution in [2.45, 2.75) is 13.3 Å². The largest absolute Gasteiger partial charge is 0.370 e. The number of nitrogens with zero attached hydrogens (tertiary/aromatic N) is 3. The van der Waals surface area contributed by atoms with Gasteiger partial charge in [0.25, 0.3) is 0 Å². The molecule has 0 bridgehead atoms.